The number of hydrogen-bond donors (Lipinski definition) is 0. The van der Waals surface area contributed by atoms with E-state index in [0.29, 0.717) is 0 Å². The maximum Gasteiger partial charge on any atom is 0.179 e. The molecule has 2 nitrogen and oxygen atoms in total. The van der Waals surface area contributed by atoms with E-state index < -0.39 is 0 Å². The Labute approximate surface area is 114 Å². The Morgan fingerprint density at radius 1 is 0.889 bits per heavy atom. The lowest BCUT2D eigenvalue weighted by Crippen LogP contribution is -2.21. The van der Waals surface area contributed by atoms with Crippen molar-refractivity contribution in [2.75, 3.05) is 13.2 Å². The summed E-state index contributed by atoms with van der Waals surface area (Å²) in [5, 5.41) is 0. The van der Waals surface area contributed by atoms with Crippen LogP contribution in [-0.4, -0.2) is 19.5 Å². The lowest BCUT2D eigenvalue weighted by molar-refractivity contribution is -0.121. The SMILES string of the molecule is CCCC=C(CC)C(OCCCC)OCCCC. The standard InChI is InChI=1S/C16H32O2/c1-5-9-12-15(8-4)16(17-13-10-6-2)18-14-11-7-3/h12,16H,5-11,13-14H2,1-4H3. The molecule has 0 unspecified atom stereocenters. The average Bonchev–Trinajstić information content (AvgIpc) is 2.39. The van der Waals surface area contributed by atoms with Gasteiger partial charge in [-0.3, -0.25) is 0 Å². The summed E-state index contributed by atoms with van der Waals surface area (Å²) >= 11 is 0. The molecule has 0 aromatic heterocycles. The van der Waals surface area contributed by atoms with Crippen molar-refractivity contribution in [1.82, 2.24) is 0 Å². The van der Waals surface area contributed by atoms with Crippen LogP contribution in [0.3, 0.4) is 0 Å². The molecule has 0 atom stereocenters. The molecule has 0 saturated carbocycles. The van der Waals surface area contributed by atoms with E-state index in [1.54, 1.807) is 0 Å². The zero-order chi connectivity index (χ0) is 13.6. The van der Waals surface area contributed by atoms with E-state index in [1.807, 2.05) is 0 Å². The van der Waals surface area contributed by atoms with Crippen LogP contribution in [0.4, 0.5) is 0 Å². The van der Waals surface area contributed by atoms with Gasteiger partial charge in [0.1, 0.15) is 0 Å². The molecular weight excluding hydrogens is 224 g/mol. The van der Waals surface area contributed by atoms with Crippen LogP contribution in [0.1, 0.15) is 72.6 Å². The van der Waals surface area contributed by atoms with Crippen molar-refractivity contribution in [3.05, 3.63) is 11.6 Å². The third kappa shape index (κ3) is 8.71. The van der Waals surface area contributed by atoms with E-state index >= 15 is 0 Å². The fourth-order valence-corrected chi connectivity index (χ4v) is 1.67. The highest BCUT2D eigenvalue weighted by Crippen LogP contribution is 2.15. The van der Waals surface area contributed by atoms with Crippen molar-refractivity contribution < 1.29 is 9.47 Å². The zero-order valence-electron chi connectivity index (χ0n) is 12.8. The van der Waals surface area contributed by atoms with Gasteiger partial charge in [-0.25, -0.2) is 0 Å². The van der Waals surface area contributed by atoms with Crippen LogP contribution in [0.5, 0.6) is 0 Å². The van der Waals surface area contributed by atoms with Gasteiger partial charge in [0.25, 0.3) is 0 Å². The number of hydrogen-bond acceptors (Lipinski definition) is 2. The van der Waals surface area contributed by atoms with E-state index in [0.717, 1.165) is 38.9 Å². The topological polar surface area (TPSA) is 18.5 Å². The zero-order valence-corrected chi connectivity index (χ0v) is 12.8. The molecule has 0 aliphatic rings. The number of rotatable bonds is 12. The van der Waals surface area contributed by atoms with Gasteiger partial charge in [0, 0.05) is 0 Å². The van der Waals surface area contributed by atoms with Crippen molar-refractivity contribution in [2.24, 2.45) is 0 Å². The van der Waals surface area contributed by atoms with Crippen LogP contribution < -0.4 is 0 Å². The maximum absolute atomic E-state index is 5.89. The average molecular weight is 256 g/mol. The van der Waals surface area contributed by atoms with Gasteiger partial charge in [0.15, 0.2) is 6.29 Å². The van der Waals surface area contributed by atoms with Crippen molar-refractivity contribution in [2.45, 2.75) is 78.9 Å². The summed E-state index contributed by atoms with van der Waals surface area (Å²) in [5.41, 5.74) is 1.31. The molecule has 0 N–H and O–H groups in total. The monoisotopic (exact) mass is 256 g/mol. The Morgan fingerprint density at radius 3 is 1.83 bits per heavy atom. The summed E-state index contributed by atoms with van der Waals surface area (Å²) in [5.74, 6) is 0. The molecule has 0 amide bonds. The van der Waals surface area contributed by atoms with Gasteiger partial charge >= 0.3 is 0 Å². The van der Waals surface area contributed by atoms with E-state index in [1.165, 1.54) is 24.8 Å². The van der Waals surface area contributed by atoms with Crippen molar-refractivity contribution in [3.8, 4) is 0 Å². The third-order valence-corrected chi connectivity index (χ3v) is 2.94. The molecule has 0 saturated heterocycles. The Balaban J connectivity index is 4.29. The summed E-state index contributed by atoms with van der Waals surface area (Å²) in [6, 6.07) is 0. The van der Waals surface area contributed by atoms with Crippen molar-refractivity contribution >= 4 is 0 Å². The van der Waals surface area contributed by atoms with Crippen LogP contribution in [0.2, 0.25) is 0 Å². The van der Waals surface area contributed by atoms with E-state index in [-0.39, 0.29) is 6.29 Å². The normalized spacial score (nSPS) is 12.4. The second-order valence-corrected chi connectivity index (χ2v) is 4.70. The second-order valence-electron chi connectivity index (χ2n) is 4.70. The Hall–Kier alpha value is -0.340. The van der Waals surface area contributed by atoms with Gasteiger partial charge in [0.05, 0.1) is 13.2 Å². The molecule has 2 heteroatoms. The summed E-state index contributed by atoms with van der Waals surface area (Å²) in [6.07, 6.45) is 10.1. The number of ether oxygens (including phenoxy) is 2. The van der Waals surface area contributed by atoms with Crippen LogP contribution in [0, 0.1) is 0 Å². The highest BCUT2D eigenvalue weighted by Gasteiger charge is 2.13. The van der Waals surface area contributed by atoms with Crippen molar-refractivity contribution in [3.63, 3.8) is 0 Å². The molecule has 18 heavy (non-hydrogen) atoms. The Morgan fingerprint density at radius 2 is 1.44 bits per heavy atom. The highest BCUT2D eigenvalue weighted by atomic mass is 16.7. The molecule has 0 aliphatic heterocycles. The largest absolute Gasteiger partial charge is 0.349 e. The smallest absolute Gasteiger partial charge is 0.179 e. The highest BCUT2D eigenvalue weighted by molar-refractivity contribution is 5.04. The minimum absolute atomic E-state index is 0.111. The fourth-order valence-electron chi connectivity index (χ4n) is 1.67. The quantitative estimate of drug-likeness (QED) is 0.275. The van der Waals surface area contributed by atoms with Crippen LogP contribution >= 0.6 is 0 Å². The molecule has 0 aromatic carbocycles. The first-order valence-electron chi connectivity index (χ1n) is 7.72. The van der Waals surface area contributed by atoms with E-state index in [2.05, 4.69) is 33.8 Å². The van der Waals surface area contributed by atoms with Crippen LogP contribution in [-0.2, 0) is 9.47 Å². The number of unbranched alkanes of at least 4 members (excludes halogenated alkanes) is 3. The molecule has 0 fully saturated rings. The van der Waals surface area contributed by atoms with Gasteiger partial charge in [-0.2, -0.15) is 0 Å². The van der Waals surface area contributed by atoms with Crippen LogP contribution in [0.25, 0.3) is 0 Å². The summed E-state index contributed by atoms with van der Waals surface area (Å²) in [6.45, 7) is 10.4. The van der Waals surface area contributed by atoms with Gasteiger partial charge < -0.3 is 9.47 Å². The Kier molecular flexibility index (Phi) is 12.9. The first-order chi connectivity index (χ1) is 8.79. The lowest BCUT2D eigenvalue weighted by atomic mass is 10.1. The van der Waals surface area contributed by atoms with Gasteiger partial charge in [-0.05, 0) is 31.3 Å². The van der Waals surface area contributed by atoms with E-state index in [4.69, 9.17) is 9.47 Å². The van der Waals surface area contributed by atoms with Crippen LogP contribution in [0.15, 0.2) is 11.6 Å². The molecule has 0 aliphatic carbocycles. The first kappa shape index (κ1) is 17.7. The third-order valence-electron chi connectivity index (χ3n) is 2.94. The van der Waals surface area contributed by atoms with Crippen molar-refractivity contribution in [1.29, 1.82) is 0 Å². The minimum Gasteiger partial charge on any atom is -0.349 e. The van der Waals surface area contributed by atoms with Gasteiger partial charge in [0.2, 0.25) is 0 Å². The second kappa shape index (κ2) is 13.1. The molecule has 108 valence electrons. The lowest BCUT2D eigenvalue weighted by Gasteiger charge is -2.21. The summed E-state index contributed by atoms with van der Waals surface area (Å²) < 4.78 is 11.8. The molecule has 0 radical (unpaired) electrons. The van der Waals surface area contributed by atoms with E-state index in [9.17, 15) is 0 Å². The predicted octanol–water partition coefficient (Wildman–Crippen LogP) is 5.08. The summed E-state index contributed by atoms with van der Waals surface area (Å²) in [4.78, 5) is 0. The Bertz CT molecular complexity index is 189. The minimum atomic E-state index is -0.111. The molecule has 0 bridgehead atoms. The van der Waals surface area contributed by atoms with Gasteiger partial charge in [-0.15, -0.1) is 0 Å². The molecule has 0 spiro atoms. The predicted molar refractivity (Wildman–Crippen MR) is 78.8 cm³/mol. The maximum atomic E-state index is 5.89. The van der Waals surface area contributed by atoms with Gasteiger partial charge in [-0.1, -0.05) is 53.0 Å². The molecule has 0 aromatic rings. The first-order valence-corrected chi connectivity index (χ1v) is 7.72. The molecule has 0 rings (SSSR count). The summed E-state index contributed by atoms with van der Waals surface area (Å²) in [7, 11) is 0. The molecular formula is C16H32O2. The number of allylic oxidation sites excluding steroid dienone is 1. The molecule has 0 heterocycles. The fraction of sp³-hybridized carbons (Fsp3) is 0.875.